The molecular weight excluding hydrogens is 380 g/mol. The van der Waals surface area contributed by atoms with Gasteiger partial charge in [-0.2, -0.15) is 5.10 Å². The van der Waals surface area contributed by atoms with Gasteiger partial charge in [0.15, 0.2) is 10.8 Å². The molecule has 27 heavy (non-hydrogen) atoms. The van der Waals surface area contributed by atoms with Crippen LogP contribution in [0.1, 0.15) is 11.1 Å². The average Bonchev–Trinajstić information content (AvgIpc) is 3.30. The van der Waals surface area contributed by atoms with Crippen LogP contribution < -0.4 is 5.32 Å². The second-order valence-electron chi connectivity index (χ2n) is 5.94. The van der Waals surface area contributed by atoms with E-state index in [1.807, 2.05) is 16.1 Å². The minimum atomic E-state index is -0.122. The Balaban J connectivity index is 1.58. The number of rotatable bonds is 5. The van der Waals surface area contributed by atoms with Crippen molar-refractivity contribution in [1.82, 2.24) is 24.7 Å². The number of hydrogen-bond donors (Lipinski definition) is 1. The van der Waals surface area contributed by atoms with Crippen LogP contribution in [0.25, 0.3) is 16.7 Å². The van der Waals surface area contributed by atoms with E-state index in [0.29, 0.717) is 5.13 Å². The highest BCUT2D eigenvalue weighted by Crippen LogP contribution is 2.27. The summed E-state index contributed by atoms with van der Waals surface area (Å²) in [5, 5.41) is 11.2. The maximum atomic E-state index is 12.1. The van der Waals surface area contributed by atoms with Gasteiger partial charge in [0.25, 0.3) is 0 Å². The molecule has 1 amide bonds. The standard InChI is InChI=1S/C18H16N6OS2/c1-11-3-4-14(12(2)7-11)24-16-13(8-22-24)17(21-10-20-16)27-9-15(25)23-18-19-5-6-26-18/h3-8,10H,9H2,1-2H3,(H,19,23,25). The Hall–Kier alpha value is -2.78. The van der Waals surface area contributed by atoms with E-state index in [2.05, 4.69) is 51.3 Å². The summed E-state index contributed by atoms with van der Waals surface area (Å²) < 4.78 is 1.81. The Morgan fingerprint density at radius 3 is 2.93 bits per heavy atom. The molecule has 0 fully saturated rings. The van der Waals surface area contributed by atoms with Crippen LogP contribution in [0.5, 0.6) is 0 Å². The SMILES string of the molecule is Cc1ccc(-n2ncc3c(SCC(=O)Nc4nccs4)ncnc32)c(C)c1. The Labute approximate surface area is 163 Å². The van der Waals surface area contributed by atoms with Crippen molar-refractivity contribution in [2.45, 2.75) is 18.9 Å². The fraction of sp³-hybridized carbons (Fsp3) is 0.167. The van der Waals surface area contributed by atoms with Crippen LogP contribution in [0.3, 0.4) is 0 Å². The Morgan fingerprint density at radius 2 is 2.15 bits per heavy atom. The molecular formula is C18H16N6OS2. The van der Waals surface area contributed by atoms with Crippen LogP contribution in [0.2, 0.25) is 0 Å². The number of carbonyl (C=O) groups excluding carboxylic acids is 1. The van der Waals surface area contributed by atoms with Crippen molar-refractivity contribution in [3.05, 3.63) is 53.4 Å². The van der Waals surface area contributed by atoms with Crippen LogP contribution >= 0.6 is 23.1 Å². The molecule has 9 heteroatoms. The van der Waals surface area contributed by atoms with Gasteiger partial charge < -0.3 is 5.32 Å². The minimum absolute atomic E-state index is 0.122. The first-order chi connectivity index (χ1) is 13.1. The number of benzene rings is 1. The van der Waals surface area contributed by atoms with Crippen molar-refractivity contribution in [2.75, 3.05) is 11.1 Å². The van der Waals surface area contributed by atoms with Gasteiger partial charge in [0.2, 0.25) is 5.91 Å². The van der Waals surface area contributed by atoms with Gasteiger partial charge in [0.1, 0.15) is 11.4 Å². The summed E-state index contributed by atoms with van der Waals surface area (Å²) in [6.07, 6.45) is 4.91. The molecule has 136 valence electrons. The number of hydrogen-bond acceptors (Lipinski definition) is 7. The van der Waals surface area contributed by atoms with Gasteiger partial charge in [-0.25, -0.2) is 19.6 Å². The number of carbonyl (C=O) groups is 1. The van der Waals surface area contributed by atoms with Gasteiger partial charge in [-0.15, -0.1) is 11.3 Å². The van der Waals surface area contributed by atoms with E-state index in [1.54, 1.807) is 12.4 Å². The number of thioether (sulfide) groups is 1. The lowest BCUT2D eigenvalue weighted by molar-refractivity contribution is -0.113. The molecule has 0 atom stereocenters. The first kappa shape index (κ1) is 17.6. The molecule has 0 saturated carbocycles. The maximum absolute atomic E-state index is 12.1. The number of aromatic nitrogens is 5. The van der Waals surface area contributed by atoms with Crippen LogP contribution in [-0.4, -0.2) is 36.4 Å². The zero-order valence-corrected chi connectivity index (χ0v) is 16.3. The fourth-order valence-electron chi connectivity index (χ4n) is 2.73. The molecule has 7 nitrogen and oxygen atoms in total. The van der Waals surface area contributed by atoms with E-state index in [0.717, 1.165) is 27.3 Å². The lowest BCUT2D eigenvalue weighted by atomic mass is 10.1. The number of thiazole rings is 1. The highest BCUT2D eigenvalue weighted by molar-refractivity contribution is 8.00. The van der Waals surface area contributed by atoms with Gasteiger partial charge in [-0.1, -0.05) is 29.5 Å². The zero-order valence-electron chi connectivity index (χ0n) is 14.7. The van der Waals surface area contributed by atoms with Crippen molar-refractivity contribution < 1.29 is 4.79 Å². The number of anilines is 1. The monoisotopic (exact) mass is 396 g/mol. The number of fused-ring (bicyclic) bond motifs is 1. The summed E-state index contributed by atoms with van der Waals surface area (Å²) in [5.74, 6) is 0.115. The second-order valence-corrected chi connectivity index (χ2v) is 7.80. The summed E-state index contributed by atoms with van der Waals surface area (Å²) in [4.78, 5) is 24.9. The van der Waals surface area contributed by atoms with Crippen LogP contribution in [0, 0.1) is 13.8 Å². The Kier molecular flexibility index (Phi) is 4.87. The summed E-state index contributed by atoms with van der Waals surface area (Å²) in [6.45, 7) is 4.11. The average molecular weight is 397 g/mol. The first-order valence-corrected chi connectivity index (χ1v) is 10.1. The summed E-state index contributed by atoms with van der Waals surface area (Å²) >= 11 is 2.74. The minimum Gasteiger partial charge on any atom is -0.301 e. The molecule has 0 aliphatic heterocycles. The highest BCUT2D eigenvalue weighted by Gasteiger charge is 2.14. The van der Waals surface area contributed by atoms with Crippen molar-refractivity contribution >= 4 is 45.2 Å². The Bertz CT molecular complexity index is 1110. The molecule has 0 spiro atoms. The molecule has 0 radical (unpaired) electrons. The molecule has 0 saturated heterocycles. The topological polar surface area (TPSA) is 85.6 Å². The fourth-order valence-corrected chi connectivity index (χ4v) is 4.04. The third kappa shape index (κ3) is 3.69. The highest BCUT2D eigenvalue weighted by atomic mass is 32.2. The maximum Gasteiger partial charge on any atom is 0.236 e. The van der Waals surface area contributed by atoms with E-state index in [1.165, 1.54) is 35.0 Å². The first-order valence-electron chi connectivity index (χ1n) is 8.20. The van der Waals surface area contributed by atoms with Gasteiger partial charge in [-0.05, 0) is 25.5 Å². The second kappa shape index (κ2) is 7.45. The molecule has 0 unspecified atom stereocenters. The van der Waals surface area contributed by atoms with Crippen LogP contribution in [0.4, 0.5) is 5.13 Å². The van der Waals surface area contributed by atoms with E-state index < -0.39 is 0 Å². The molecule has 4 rings (SSSR count). The van der Waals surface area contributed by atoms with Gasteiger partial charge in [0.05, 0.1) is 23.0 Å². The van der Waals surface area contributed by atoms with Crippen molar-refractivity contribution in [2.24, 2.45) is 0 Å². The Morgan fingerprint density at radius 1 is 1.26 bits per heavy atom. The number of aryl methyl sites for hydroxylation is 2. The van der Waals surface area contributed by atoms with E-state index >= 15 is 0 Å². The summed E-state index contributed by atoms with van der Waals surface area (Å²) in [6, 6.07) is 6.20. The third-order valence-electron chi connectivity index (χ3n) is 3.93. The van der Waals surface area contributed by atoms with E-state index in [-0.39, 0.29) is 11.7 Å². The largest absolute Gasteiger partial charge is 0.301 e. The van der Waals surface area contributed by atoms with Gasteiger partial charge >= 0.3 is 0 Å². The lowest BCUT2D eigenvalue weighted by Crippen LogP contribution is -2.13. The number of amides is 1. The van der Waals surface area contributed by atoms with Crippen LogP contribution in [0.15, 0.2) is 47.3 Å². The third-order valence-corrected chi connectivity index (χ3v) is 5.62. The predicted molar refractivity (Wildman–Crippen MR) is 108 cm³/mol. The molecule has 0 bridgehead atoms. The quantitative estimate of drug-likeness (QED) is 0.410. The smallest absolute Gasteiger partial charge is 0.236 e. The van der Waals surface area contributed by atoms with Crippen LogP contribution in [-0.2, 0) is 4.79 Å². The van der Waals surface area contributed by atoms with E-state index in [4.69, 9.17) is 0 Å². The molecule has 1 aromatic carbocycles. The zero-order chi connectivity index (χ0) is 18.8. The van der Waals surface area contributed by atoms with Gasteiger partial charge in [-0.3, -0.25) is 4.79 Å². The number of nitrogens with zero attached hydrogens (tertiary/aromatic N) is 5. The van der Waals surface area contributed by atoms with Crippen molar-refractivity contribution in [1.29, 1.82) is 0 Å². The molecule has 1 N–H and O–H groups in total. The lowest BCUT2D eigenvalue weighted by Gasteiger charge is -2.08. The molecule has 0 aliphatic rings. The summed E-state index contributed by atoms with van der Waals surface area (Å²) in [7, 11) is 0. The van der Waals surface area contributed by atoms with Gasteiger partial charge in [0, 0.05) is 11.6 Å². The van der Waals surface area contributed by atoms with Crippen molar-refractivity contribution in [3.63, 3.8) is 0 Å². The molecule has 3 aromatic heterocycles. The summed E-state index contributed by atoms with van der Waals surface area (Å²) in [5.41, 5.74) is 4.02. The molecule has 4 aromatic rings. The molecule has 0 aliphatic carbocycles. The molecule has 3 heterocycles. The number of nitrogens with one attached hydrogen (secondary N) is 1. The van der Waals surface area contributed by atoms with E-state index in [9.17, 15) is 4.79 Å². The normalized spacial score (nSPS) is 11.0. The predicted octanol–water partition coefficient (Wildman–Crippen LogP) is 3.62. The van der Waals surface area contributed by atoms with Crippen molar-refractivity contribution in [3.8, 4) is 5.69 Å².